The number of nitrogens with zero attached hydrogens (tertiary/aromatic N) is 2. The highest BCUT2D eigenvalue weighted by molar-refractivity contribution is 9.10. The van der Waals surface area contributed by atoms with Crippen LogP contribution in [0.4, 0.5) is 0 Å². The van der Waals surface area contributed by atoms with Crippen LogP contribution in [-0.2, 0) is 16.6 Å². The Morgan fingerprint density at radius 2 is 2.27 bits per heavy atom. The molecule has 2 aliphatic carbocycles. The van der Waals surface area contributed by atoms with Crippen molar-refractivity contribution in [3.63, 3.8) is 0 Å². The number of likely N-dealkylation sites (N-methyl/N-ethyl adjacent to an activating group) is 1. The van der Waals surface area contributed by atoms with Crippen molar-refractivity contribution in [3.05, 3.63) is 33.8 Å². The van der Waals surface area contributed by atoms with Gasteiger partial charge in [0.05, 0.1) is 11.6 Å². The molecule has 0 radical (unpaired) electrons. The van der Waals surface area contributed by atoms with Crippen molar-refractivity contribution in [1.29, 1.82) is 0 Å². The van der Waals surface area contributed by atoms with Gasteiger partial charge in [0.2, 0.25) is 0 Å². The van der Waals surface area contributed by atoms with Gasteiger partial charge in [-0.1, -0.05) is 22.0 Å². The Morgan fingerprint density at radius 3 is 3.05 bits per heavy atom. The number of rotatable bonds is 1. The lowest BCUT2D eigenvalue weighted by molar-refractivity contribution is -0.00296. The van der Waals surface area contributed by atoms with Crippen LogP contribution >= 0.6 is 15.9 Å². The molecule has 1 aromatic carbocycles. The molecule has 1 heterocycles. The molecule has 4 rings (SSSR count). The van der Waals surface area contributed by atoms with E-state index in [-0.39, 0.29) is 11.0 Å². The summed E-state index contributed by atoms with van der Waals surface area (Å²) in [6.07, 6.45) is 4.44. The van der Waals surface area contributed by atoms with Crippen LogP contribution in [-0.4, -0.2) is 43.2 Å². The molecule has 3 aliphatic rings. The number of fused-ring (bicyclic) bond motifs is 1. The molecule has 118 valence electrons. The minimum absolute atomic E-state index is 0.0165. The van der Waals surface area contributed by atoms with E-state index in [0.29, 0.717) is 12.1 Å². The summed E-state index contributed by atoms with van der Waals surface area (Å²) in [5.74, 6) is 0.679. The van der Waals surface area contributed by atoms with Gasteiger partial charge >= 0.3 is 0 Å². The van der Waals surface area contributed by atoms with Crippen LogP contribution in [0.15, 0.2) is 27.7 Å². The summed E-state index contributed by atoms with van der Waals surface area (Å²) in [6, 6.07) is 6.68. The van der Waals surface area contributed by atoms with Gasteiger partial charge in [0.1, 0.15) is 0 Å². The van der Waals surface area contributed by atoms with Gasteiger partial charge in [-0.3, -0.25) is 0 Å². The highest BCUT2D eigenvalue weighted by Gasteiger charge is 2.62. The van der Waals surface area contributed by atoms with E-state index in [4.69, 9.17) is 15.5 Å². The average molecular weight is 364 g/mol. The number of hydrogen-bond donors (Lipinski definition) is 1. The highest BCUT2D eigenvalue weighted by atomic mass is 79.9. The summed E-state index contributed by atoms with van der Waals surface area (Å²) in [4.78, 5) is 7.14. The molecule has 3 unspecified atom stereocenters. The quantitative estimate of drug-likeness (QED) is 0.833. The summed E-state index contributed by atoms with van der Waals surface area (Å²) in [7, 11) is 3.87. The van der Waals surface area contributed by atoms with Gasteiger partial charge in [0.25, 0.3) is 0 Å². The van der Waals surface area contributed by atoms with E-state index in [1.165, 1.54) is 11.1 Å². The molecule has 1 fully saturated rings. The van der Waals surface area contributed by atoms with Gasteiger partial charge in [-0.2, -0.15) is 0 Å². The van der Waals surface area contributed by atoms with Crippen molar-refractivity contribution in [1.82, 2.24) is 4.90 Å². The van der Waals surface area contributed by atoms with Gasteiger partial charge in [0, 0.05) is 30.6 Å². The summed E-state index contributed by atoms with van der Waals surface area (Å²) < 4.78 is 6.88. The minimum Gasteiger partial charge on any atom is -0.381 e. The van der Waals surface area contributed by atoms with Crippen LogP contribution in [0.25, 0.3) is 0 Å². The third-order valence-electron chi connectivity index (χ3n) is 5.98. The van der Waals surface area contributed by atoms with Crippen LogP contribution in [0, 0.1) is 0 Å². The van der Waals surface area contributed by atoms with Gasteiger partial charge in [-0.25, -0.2) is 4.99 Å². The molecule has 1 aromatic rings. The Balaban J connectivity index is 1.93. The third-order valence-corrected chi connectivity index (χ3v) is 6.47. The number of methoxy groups -OCH3 is 1. The van der Waals surface area contributed by atoms with Crippen molar-refractivity contribution < 1.29 is 4.74 Å². The fraction of sp³-hybridized carbons (Fsp3) is 0.588. The molecular formula is C17H22BrN3O. The van der Waals surface area contributed by atoms with Gasteiger partial charge in [-0.15, -0.1) is 0 Å². The fourth-order valence-electron chi connectivity index (χ4n) is 4.89. The first kappa shape index (κ1) is 14.5. The van der Waals surface area contributed by atoms with Gasteiger partial charge < -0.3 is 15.4 Å². The molecule has 1 aliphatic heterocycles. The molecule has 4 nitrogen and oxygen atoms in total. The van der Waals surface area contributed by atoms with Crippen molar-refractivity contribution in [2.24, 2.45) is 10.7 Å². The van der Waals surface area contributed by atoms with Crippen molar-refractivity contribution in [2.45, 2.75) is 42.7 Å². The lowest BCUT2D eigenvalue weighted by atomic mass is 9.59. The smallest absolute Gasteiger partial charge is 0.191 e. The third kappa shape index (κ3) is 1.75. The average Bonchev–Trinajstić information content (AvgIpc) is 2.76. The minimum atomic E-state index is -0.0816. The maximum absolute atomic E-state index is 6.20. The van der Waals surface area contributed by atoms with Gasteiger partial charge in [0.15, 0.2) is 5.96 Å². The van der Waals surface area contributed by atoms with E-state index in [2.05, 4.69) is 39.0 Å². The normalized spacial score (nSPS) is 36.4. The second-order valence-corrected chi connectivity index (χ2v) is 7.93. The number of aliphatic imine (C=N–C) groups is 1. The summed E-state index contributed by atoms with van der Waals surface area (Å²) in [6.45, 7) is 0.922. The van der Waals surface area contributed by atoms with Gasteiger partial charge in [-0.05, 0) is 48.9 Å². The van der Waals surface area contributed by atoms with E-state index in [9.17, 15) is 0 Å². The van der Waals surface area contributed by atoms with Crippen LogP contribution < -0.4 is 5.73 Å². The molecule has 5 heteroatoms. The predicted molar refractivity (Wildman–Crippen MR) is 91.2 cm³/mol. The largest absolute Gasteiger partial charge is 0.381 e. The maximum atomic E-state index is 6.20. The molecule has 0 aromatic heterocycles. The molecule has 0 spiro atoms. The first-order valence-corrected chi connectivity index (χ1v) is 8.67. The summed E-state index contributed by atoms with van der Waals surface area (Å²) in [5, 5.41) is 0. The number of guanidine groups is 1. The molecule has 0 bridgehead atoms. The lowest BCUT2D eigenvalue weighted by Crippen LogP contribution is -2.63. The highest BCUT2D eigenvalue weighted by Crippen LogP contribution is 2.58. The zero-order valence-corrected chi connectivity index (χ0v) is 14.7. The molecule has 0 amide bonds. The van der Waals surface area contributed by atoms with E-state index in [1.807, 2.05) is 14.2 Å². The zero-order chi connectivity index (χ0) is 15.5. The van der Waals surface area contributed by atoms with E-state index >= 15 is 0 Å². The fourth-order valence-corrected chi connectivity index (χ4v) is 5.25. The van der Waals surface area contributed by atoms with Crippen LogP contribution in [0.5, 0.6) is 0 Å². The first-order chi connectivity index (χ1) is 10.5. The second kappa shape index (κ2) is 4.71. The Bertz CT molecular complexity index is 661. The van der Waals surface area contributed by atoms with Crippen LogP contribution in [0.1, 0.15) is 30.4 Å². The number of halogens is 1. The first-order valence-electron chi connectivity index (χ1n) is 7.88. The SMILES string of the molecule is COC1CCC23Cc4ccc(Br)cc4C2(C1)CN(C)C(N)=N3. The number of hydrogen-bond acceptors (Lipinski definition) is 4. The lowest BCUT2D eigenvalue weighted by Gasteiger charge is -2.54. The topological polar surface area (TPSA) is 50.9 Å². The van der Waals surface area contributed by atoms with Crippen LogP contribution in [0.3, 0.4) is 0 Å². The van der Waals surface area contributed by atoms with E-state index in [1.54, 1.807) is 0 Å². The Morgan fingerprint density at radius 1 is 1.45 bits per heavy atom. The van der Waals surface area contributed by atoms with Crippen molar-refractivity contribution in [2.75, 3.05) is 20.7 Å². The van der Waals surface area contributed by atoms with Crippen molar-refractivity contribution >= 4 is 21.9 Å². The summed E-state index contributed by atoms with van der Waals surface area (Å²) in [5.41, 5.74) is 8.99. The number of nitrogens with two attached hydrogens (primary N) is 1. The van der Waals surface area contributed by atoms with Crippen LogP contribution in [0.2, 0.25) is 0 Å². The molecule has 22 heavy (non-hydrogen) atoms. The Labute approximate surface area is 139 Å². The monoisotopic (exact) mass is 363 g/mol. The number of ether oxygens (including phenoxy) is 1. The Kier molecular flexibility index (Phi) is 3.11. The predicted octanol–water partition coefficient (Wildman–Crippen LogP) is 2.44. The molecule has 3 atom stereocenters. The standard InChI is InChI=1S/C17H22BrN3O/c1-21-10-16-9-13(22-2)5-6-17(16,20-15(21)19)8-11-3-4-12(18)7-14(11)16/h3-4,7,13H,5-6,8-10H2,1-2H3,(H2,19,20). The summed E-state index contributed by atoms with van der Waals surface area (Å²) >= 11 is 3.65. The Hall–Kier alpha value is -1.07. The van der Waals surface area contributed by atoms with E-state index < -0.39 is 0 Å². The van der Waals surface area contributed by atoms with E-state index in [0.717, 1.165) is 36.7 Å². The van der Waals surface area contributed by atoms with Crippen molar-refractivity contribution in [3.8, 4) is 0 Å². The second-order valence-electron chi connectivity index (χ2n) is 7.02. The molecule has 0 saturated heterocycles. The molecule has 2 N–H and O–H groups in total. The molecular weight excluding hydrogens is 342 g/mol. The number of benzene rings is 1. The molecule has 1 saturated carbocycles. The maximum Gasteiger partial charge on any atom is 0.191 e. The zero-order valence-electron chi connectivity index (χ0n) is 13.1.